The van der Waals surface area contributed by atoms with Crippen LogP contribution < -0.4 is 14.2 Å². The fourth-order valence-corrected chi connectivity index (χ4v) is 17.0. The number of thiol groups is 1. The number of alkyl halides is 9. The zero-order valence-electron chi connectivity index (χ0n) is 66.6. The van der Waals surface area contributed by atoms with Crippen LogP contribution in [0.5, 0.6) is 17.2 Å². The molecule has 7 nitrogen and oxygen atoms in total. The van der Waals surface area contributed by atoms with Crippen molar-refractivity contribution in [1.29, 1.82) is 0 Å². The molecule has 3 aliphatic rings. The molecule has 5 atom stereocenters. The number of unbranched alkanes of at least 4 members (excludes halogenated alkanes) is 2. The highest BCUT2D eigenvalue weighted by molar-refractivity contribution is 7.99. The Balaban J connectivity index is 0.000000294. The van der Waals surface area contributed by atoms with Gasteiger partial charge in [0, 0.05) is 55.7 Å². The van der Waals surface area contributed by atoms with Crippen LogP contribution in [0, 0.1) is 83.1 Å². The number of benzene rings is 6. The molecule has 0 radical (unpaired) electrons. The zero-order valence-corrected chi connectivity index (χ0v) is 69.1. The van der Waals surface area contributed by atoms with Crippen molar-refractivity contribution in [1.82, 2.24) is 0 Å². The number of esters is 2. The fourth-order valence-electron chi connectivity index (χ4n) is 14.6. The van der Waals surface area contributed by atoms with Gasteiger partial charge in [0.25, 0.3) is 0 Å². The second-order valence-corrected chi connectivity index (χ2v) is 32.0. The highest BCUT2D eigenvalue weighted by Crippen LogP contribution is 2.47. The van der Waals surface area contributed by atoms with E-state index in [1.165, 1.54) is 56.5 Å². The Morgan fingerprint density at radius 1 is 0.441 bits per heavy atom. The van der Waals surface area contributed by atoms with Crippen LogP contribution in [0.15, 0.2) is 95.9 Å². The number of thiophene rings is 1. The Morgan fingerprint density at radius 3 is 1.19 bits per heavy atom. The smallest absolute Gasteiger partial charge is 0.465 e. The van der Waals surface area contributed by atoms with Gasteiger partial charge in [-0.2, -0.15) is 12.6 Å². The highest BCUT2D eigenvalue weighted by Gasteiger charge is 2.37. The van der Waals surface area contributed by atoms with E-state index in [9.17, 15) is 66.7 Å². The molecule has 0 N–H and O–H groups in total. The van der Waals surface area contributed by atoms with Crippen molar-refractivity contribution in [2.75, 3.05) is 24.7 Å². The highest BCUT2D eigenvalue weighted by atomic mass is 32.2. The van der Waals surface area contributed by atoms with E-state index in [0.717, 1.165) is 180 Å². The topological polar surface area (TPSA) is 80.3 Å². The van der Waals surface area contributed by atoms with Crippen LogP contribution in [0.25, 0.3) is 59.1 Å². The minimum absolute atomic E-state index is 0. The molecular formula is C91H111F17O7S3. The van der Waals surface area contributed by atoms with Crippen LogP contribution in [-0.2, 0) is 19.1 Å². The van der Waals surface area contributed by atoms with Crippen molar-refractivity contribution in [3.8, 4) is 39.5 Å². The van der Waals surface area contributed by atoms with E-state index in [1.807, 2.05) is 19.1 Å². The van der Waals surface area contributed by atoms with Crippen molar-refractivity contribution < 1.29 is 108 Å². The molecule has 0 saturated heterocycles. The number of carbonyl (C=O) groups is 2. The van der Waals surface area contributed by atoms with E-state index in [4.69, 9.17) is 9.47 Å². The van der Waals surface area contributed by atoms with Crippen molar-refractivity contribution in [2.24, 2.45) is 29.6 Å². The molecule has 0 spiro atoms. The Labute approximate surface area is 697 Å². The Morgan fingerprint density at radius 2 is 0.788 bits per heavy atom. The van der Waals surface area contributed by atoms with Crippen LogP contribution in [0.2, 0.25) is 0 Å². The van der Waals surface area contributed by atoms with Crippen LogP contribution in [0.3, 0.4) is 0 Å². The third kappa shape index (κ3) is 29.2. The molecule has 0 saturated carbocycles. The van der Waals surface area contributed by atoms with E-state index in [-0.39, 0.29) is 98.8 Å². The largest absolute Gasteiger partial charge is 0.573 e. The first kappa shape index (κ1) is 101. The maximum absolute atomic E-state index is 15.5. The summed E-state index contributed by atoms with van der Waals surface area (Å²) in [4.78, 5) is 23.0. The number of ether oxygens (including phenoxy) is 5. The first-order valence-electron chi connectivity index (χ1n) is 39.9. The van der Waals surface area contributed by atoms with Gasteiger partial charge in [-0.25, -0.2) is 35.1 Å². The van der Waals surface area contributed by atoms with Gasteiger partial charge in [-0.15, -0.1) is 62.6 Å². The van der Waals surface area contributed by atoms with Gasteiger partial charge in [-0.3, -0.25) is 9.59 Å². The number of hydrogen-bond acceptors (Lipinski definition) is 10. The summed E-state index contributed by atoms with van der Waals surface area (Å²) in [6.45, 7) is 16.8. The first-order chi connectivity index (χ1) is 55.1. The lowest BCUT2D eigenvalue weighted by molar-refractivity contribution is -0.276. The second kappa shape index (κ2) is 48.3. The maximum atomic E-state index is 15.5. The number of thioether (sulfide) groups is 1. The van der Waals surface area contributed by atoms with Crippen molar-refractivity contribution in [2.45, 2.75) is 255 Å². The summed E-state index contributed by atoms with van der Waals surface area (Å²) in [6.07, 6.45) is 13.4. The average molecular weight is 1740 g/mol. The van der Waals surface area contributed by atoms with E-state index in [1.54, 1.807) is 12.1 Å². The monoisotopic (exact) mass is 1730 g/mol. The predicted octanol–water partition coefficient (Wildman–Crippen LogP) is 31.4. The molecule has 118 heavy (non-hydrogen) atoms. The SMILES string of the molecule is C.C.CCCC1CC=C(c2ccc(-c3ccc(OC(F)(F)F)c(F)c3C)c(F)c2F)CC1.CCCC1CC=C(c2ccc3c(sc4c(F)c(OC(F)(F)F)ccc43)c2F)CC1.CCCCC(CC)COC(=O)CCS.CCCCC(CC)COC(=O)CCSc1c(-c2ccc(C3=CCC(CCC)CC3)c(F)c2F)ccc(OC(F)(F)F)c1F. The molecule has 10 rings (SSSR count). The molecule has 0 fully saturated rings. The number of rotatable bonds is 32. The number of carbonyl (C=O) groups excluding carboxylic acids is 2. The normalized spacial score (nSPS) is 16.1. The predicted molar refractivity (Wildman–Crippen MR) is 444 cm³/mol. The van der Waals surface area contributed by atoms with E-state index < -0.39 is 88.8 Å². The molecule has 3 aliphatic carbocycles. The lowest BCUT2D eigenvalue weighted by Crippen LogP contribution is -2.18. The molecule has 1 heterocycles. The molecule has 7 aromatic rings. The van der Waals surface area contributed by atoms with Crippen molar-refractivity contribution >= 4 is 84.6 Å². The quantitative estimate of drug-likeness (QED) is 0.0193. The van der Waals surface area contributed by atoms with Crippen molar-refractivity contribution in [3.05, 3.63) is 160 Å². The van der Waals surface area contributed by atoms with Gasteiger partial charge in [0.2, 0.25) is 0 Å². The fraction of sp³-hybridized carbons (Fsp3) is 0.516. The second-order valence-electron chi connectivity index (χ2n) is 29.4. The summed E-state index contributed by atoms with van der Waals surface area (Å²) in [5, 5.41) is 0.868. The standard InChI is InChI=1S/C33H40F6O3S.C23H22F6O.C22H19F5OS.C11H22O2S.2CH4/c1-4-7-9-21(6-3)20-41-28(40)18-19-43-32-26(16-17-27(31(32)36)42-33(37,38)39)25-15-14-24(29(34)30(25)35)23-12-10-22(8-5-2)11-13-23;1-3-4-14-5-7-15(8-6-14)17-9-10-18(22(26)21(17)25)16-11-12-19(20(24)13(16)2)30-23(27,28)29;1-2-3-12-4-6-13(7-5-12)14-8-9-15-16-10-11-17(28-22(25,26)27)19(24)21(16)29-20(15)18(14)23;1-3-5-6-10(4-2)9-13-11(12)7-8-14;;/h12,14-17,21-22H,4-11,13,18-20H2,1-3H3;7,9-12,14H,3-6,8H2,1-2H3;6,8-12H,2-5,7H2,1H3;10,14H,3-9H2,1-2H3;2*1H4. The van der Waals surface area contributed by atoms with Gasteiger partial charge < -0.3 is 23.7 Å². The third-order valence-corrected chi connectivity index (χ3v) is 23.6. The molecule has 27 heteroatoms. The lowest BCUT2D eigenvalue weighted by Gasteiger charge is -2.22. The minimum atomic E-state index is -5.16. The number of hydrogen-bond donors (Lipinski definition) is 1. The molecule has 0 amide bonds. The van der Waals surface area contributed by atoms with Crippen LogP contribution in [0.1, 0.15) is 246 Å². The van der Waals surface area contributed by atoms with Crippen LogP contribution in [-0.4, -0.2) is 55.7 Å². The summed E-state index contributed by atoms with van der Waals surface area (Å²) in [5.74, 6) is -9.45. The number of allylic oxidation sites excluding steroid dienone is 6. The number of fused-ring (bicyclic) bond motifs is 3. The van der Waals surface area contributed by atoms with Gasteiger partial charge in [-0.05, 0) is 165 Å². The summed E-state index contributed by atoms with van der Waals surface area (Å²) in [5.41, 5.74) is 2.20. The molecule has 0 bridgehead atoms. The zero-order chi connectivity index (χ0) is 85.2. The number of halogens is 17. The van der Waals surface area contributed by atoms with Gasteiger partial charge >= 0.3 is 31.0 Å². The Kier molecular flexibility index (Phi) is 41.4. The van der Waals surface area contributed by atoms with Gasteiger partial charge in [0.15, 0.2) is 58.0 Å². The summed E-state index contributed by atoms with van der Waals surface area (Å²) in [7, 11) is 0. The van der Waals surface area contributed by atoms with Crippen LogP contribution in [0.4, 0.5) is 74.6 Å². The molecular weight excluding hydrogens is 1620 g/mol. The summed E-state index contributed by atoms with van der Waals surface area (Å²) in [6, 6.07) is 14.8. The summed E-state index contributed by atoms with van der Waals surface area (Å²) >= 11 is 5.52. The minimum Gasteiger partial charge on any atom is -0.465 e. The molecule has 6 aromatic carbocycles. The summed E-state index contributed by atoms with van der Waals surface area (Å²) < 4.78 is 255. The van der Waals surface area contributed by atoms with E-state index >= 15 is 17.6 Å². The third-order valence-electron chi connectivity index (χ3n) is 21.1. The van der Waals surface area contributed by atoms with Gasteiger partial charge in [0.05, 0.1) is 40.4 Å². The molecule has 1 aromatic heterocycles. The molecule has 5 unspecified atom stereocenters. The molecule has 654 valence electrons. The molecule has 0 aliphatic heterocycles. The maximum Gasteiger partial charge on any atom is 0.573 e. The van der Waals surface area contributed by atoms with Crippen LogP contribution >= 0.6 is 35.7 Å². The lowest BCUT2D eigenvalue weighted by atomic mass is 9.84. The van der Waals surface area contributed by atoms with Crippen molar-refractivity contribution in [3.63, 3.8) is 0 Å². The van der Waals surface area contributed by atoms with Gasteiger partial charge in [0.1, 0.15) is 5.82 Å². The average Bonchev–Trinajstić information content (AvgIpc) is 1.52. The van der Waals surface area contributed by atoms with Gasteiger partial charge in [-0.1, -0.05) is 201 Å². The first-order valence-corrected chi connectivity index (χ1v) is 42.4. The van der Waals surface area contributed by atoms with E-state index in [0.29, 0.717) is 77.2 Å². The van der Waals surface area contributed by atoms with E-state index in [2.05, 4.69) is 74.5 Å². The Hall–Kier alpha value is -7.39. The Bertz CT molecular complexity index is 4490.